The zero-order valence-electron chi connectivity index (χ0n) is 21.4. The number of oxazole rings is 1. The van der Waals surface area contributed by atoms with E-state index in [4.69, 9.17) is 13.9 Å². The maximum absolute atomic E-state index is 11.5. The number of nitro benzene ring substituents is 2. The third-order valence-corrected chi connectivity index (χ3v) is 5.86. The number of nitrogens with zero attached hydrogens (tertiary/aromatic N) is 4. The van der Waals surface area contributed by atoms with Gasteiger partial charge in [0.05, 0.1) is 28.2 Å². The molecular formula is C29H22N4O7. The van der Waals surface area contributed by atoms with Crippen molar-refractivity contribution >= 4 is 34.4 Å². The SMILES string of the molecule is CCOc1cc(C=Nc2ccc(-c3nc4ccc(C)cc4o3)cc2)ccc1Oc1ccc([N+](=O)[O-])cc1[N+](=O)[O-]. The van der Waals surface area contributed by atoms with Gasteiger partial charge in [-0.1, -0.05) is 6.07 Å². The molecule has 0 bridgehead atoms. The van der Waals surface area contributed by atoms with Gasteiger partial charge >= 0.3 is 5.69 Å². The molecule has 0 saturated carbocycles. The van der Waals surface area contributed by atoms with Gasteiger partial charge in [0.1, 0.15) is 5.52 Å². The standard InChI is InChI=1S/C29H22N4O7/c1-3-38-28-15-19(5-12-26(28)39-25-13-10-22(32(34)35)16-24(25)33(36)37)17-30-21-8-6-20(7-9-21)29-31-23-11-4-18(2)14-27(23)40-29/h4-17H,3H2,1-2H3. The lowest BCUT2D eigenvalue weighted by atomic mass is 10.2. The first kappa shape index (κ1) is 26.0. The third-order valence-electron chi connectivity index (χ3n) is 5.86. The van der Waals surface area contributed by atoms with Gasteiger partial charge in [-0.2, -0.15) is 0 Å². The van der Waals surface area contributed by atoms with Gasteiger partial charge in [0, 0.05) is 17.8 Å². The van der Waals surface area contributed by atoms with Crippen LogP contribution in [0.15, 0.2) is 88.3 Å². The van der Waals surface area contributed by atoms with Crippen molar-refractivity contribution in [2.75, 3.05) is 6.61 Å². The van der Waals surface area contributed by atoms with Crippen LogP contribution in [0.3, 0.4) is 0 Å². The fourth-order valence-corrected chi connectivity index (χ4v) is 3.92. The summed E-state index contributed by atoms with van der Waals surface area (Å²) < 4.78 is 17.3. The van der Waals surface area contributed by atoms with Gasteiger partial charge in [0.2, 0.25) is 11.6 Å². The number of aliphatic imine (C=N–C) groups is 1. The second kappa shape index (κ2) is 11.0. The summed E-state index contributed by atoms with van der Waals surface area (Å²) in [5.74, 6) is 0.933. The van der Waals surface area contributed by atoms with E-state index in [0.717, 1.165) is 34.4 Å². The number of aromatic nitrogens is 1. The monoisotopic (exact) mass is 538 g/mol. The number of aryl methyl sites for hydroxylation is 1. The highest BCUT2D eigenvalue weighted by molar-refractivity contribution is 5.83. The second-order valence-electron chi connectivity index (χ2n) is 8.70. The van der Waals surface area contributed by atoms with Crippen LogP contribution in [0.4, 0.5) is 17.1 Å². The lowest BCUT2D eigenvalue weighted by Gasteiger charge is -2.12. The Morgan fingerprint density at radius 1 is 0.900 bits per heavy atom. The van der Waals surface area contributed by atoms with Crippen molar-refractivity contribution in [2.45, 2.75) is 13.8 Å². The Hall–Kier alpha value is -5.58. The van der Waals surface area contributed by atoms with Crippen LogP contribution in [0.5, 0.6) is 17.2 Å². The summed E-state index contributed by atoms with van der Waals surface area (Å²) in [6.45, 7) is 4.10. The molecule has 0 radical (unpaired) electrons. The molecule has 0 aliphatic carbocycles. The first-order valence-electron chi connectivity index (χ1n) is 12.2. The topological polar surface area (TPSA) is 143 Å². The molecule has 200 valence electrons. The Labute approximate surface area is 227 Å². The molecule has 0 spiro atoms. The van der Waals surface area contributed by atoms with Crippen molar-refractivity contribution in [1.82, 2.24) is 4.98 Å². The molecule has 0 fully saturated rings. The average Bonchev–Trinajstić information content (AvgIpc) is 3.36. The molecule has 5 aromatic rings. The van der Waals surface area contributed by atoms with Crippen LogP contribution in [0.2, 0.25) is 0 Å². The number of hydrogen-bond donors (Lipinski definition) is 0. The molecule has 11 heteroatoms. The molecule has 0 aliphatic rings. The largest absolute Gasteiger partial charge is 0.490 e. The number of non-ortho nitro benzene ring substituents is 1. The van der Waals surface area contributed by atoms with Crippen LogP contribution in [0.25, 0.3) is 22.6 Å². The van der Waals surface area contributed by atoms with E-state index >= 15 is 0 Å². The quantitative estimate of drug-likeness (QED) is 0.106. The summed E-state index contributed by atoms with van der Waals surface area (Å²) in [4.78, 5) is 30.1. The number of hydrogen-bond acceptors (Lipinski definition) is 9. The molecule has 1 aromatic heterocycles. The van der Waals surface area contributed by atoms with Gasteiger partial charge in [-0.15, -0.1) is 0 Å². The summed E-state index contributed by atoms with van der Waals surface area (Å²) in [6, 6.07) is 21.5. The third kappa shape index (κ3) is 5.63. The van der Waals surface area contributed by atoms with Crippen molar-refractivity contribution in [3.05, 3.63) is 110 Å². The van der Waals surface area contributed by atoms with Gasteiger partial charge in [-0.05, 0) is 85.6 Å². The summed E-state index contributed by atoms with van der Waals surface area (Å²) in [5, 5.41) is 22.5. The first-order chi connectivity index (χ1) is 19.3. The molecular weight excluding hydrogens is 516 g/mol. The van der Waals surface area contributed by atoms with E-state index in [1.807, 2.05) is 49.4 Å². The average molecular weight is 539 g/mol. The molecule has 4 aromatic carbocycles. The predicted octanol–water partition coefficient (Wildman–Crippen LogP) is 7.56. The van der Waals surface area contributed by atoms with Crippen molar-refractivity contribution in [3.8, 4) is 28.7 Å². The molecule has 0 saturated heterocycles. The second-order valence-corrected chi connectivity index (χ2v) is 8.70. The van der Waals surface area contributed by atoms with Crippen LogP contribution in [-0.4, -0.2) is 27.7 Å². The highest BCUT2D eigenvalue weighted by Crippen LogP contribution is 2.38. The van der Waals surface area contributed by atoms with E-state index in [0.29, 0.717) is 29.5 Å². The normalized spacial score (nSPS) is 11.2. The number of ether oxygens (including phenoxy) is 2. The van der Waals surface area contributed by atoms with Gasteiger partial charge in [-0.3, -0.25) is 25.2 Å². The van der Waals surface area contributed by atoms with Crippen molar-refractivity contribution in [1.29, 1.82) is 0 Å². The van der Waals surface area contributed by atoms with Gasteiger partial charge in [0.25, 0.3) is 5.69 Å². The zero-order chi connectivity index (χ0) is 28.2. The molecule has 0 aliphatic heterocycles. The smallest absolute Gasteiger partial charge is 0.318 e. The summed E-state index contributed by atoms with van der Waals surface area (Å²) in [6.07, 6.45) is 1.65. The minimum atomic E-state index is -0.736. The molecule has 5 rings (SSSR count). The minimum absolute atomic E-state index is 0.146. The van der Waals surface area contributed by atoms with Crippen LogP contribution < -0.4 is 9.47 Å². The van der Waals surface area contributed by atoms with Crippen molar-refractivity contribution in [3.63, 3.8) is 0 Å². The maximum Gasteiger partial charge on any atom is 0.318 e. The van der Waals surface area contributed by atoms with Crippen molar-refractivity contribution in [2.24, 2.45) is 4.99 Å². The predicted molar refractivity (Wildman–Crippen MR) is 149 cm³/mol. The molecule has 0 amide bonds. The van der Waals surface area contributed by atoms with Gasteiger partial charge < -0.3 is 13.9 Å². The fourth-order valence-electron chi connectivity index (χ4n) is 3.92. The first-order valence-corrected chi connectivity index (χ1v) is 12.2. The maximum atomic E-state index is 11.5. The highest BCUT2D eigenvalue weighted by Gasteiger charge is 2.22. The van der Waals surface area contributed by atoms with Crippen LogP contribution in [0, 0.1) is 27.2 Å². The summed E-state index contributed by atoms with van der Waals surface area (Å²) >= 11 is 0. The Kier molecular flexibility index (Phi) is 7.18. The van der Waals surface area contributed by atoms with E-state index in [1.54, 1.807) is 31.3 Å². The van der Waals surface area contributed by atoms with Crippen molar-refractivity contribution < 1.29 is 23.7 Å². The van der Waals surface area contributed by atoms with E-state index in [9.17, 15) is 20.2 Å². The molecule has 0 unspecified atom stereocenters. The lowest BCUT2D eigenvalue weighted by Crippen LogP contribution is -1.99. The molecule has 40 heavy (non-hydrogen) atoms. The van der Waals surface area contributed by atoms with Crippen LogP contribution in [0.1, 0.15) is 18.1 Å². The highest BCUT2D eigenvalue weighted by atomic mass is 16.6. The Morgan fingerprint density at radius 3 is 2.40 bits per heavy atom. The zero-order valence-corrected chi connectivity index (χ0v) is 21.4. The van der Waals surface area contributed by atoms with Crippen LogP contribution >= 0.6 is 0 Å². The Morgan fingerprint density at radius 2 is 1.68 bits per heavy atom. The van der Waals surface area contributed by atoms with Crippen LogP contribution in [-0.2, 0) is 0 Å². The Balaban J connectivity index is 1.35. The van der Waals surface area contributed by atoms with Gasteiger partial charge in [-0.25, -0.2) is 4.98 Å². The van der Waals surface area contributed by atoms with E-state index in [-0.39, 0.29) is 11.5 Å². The fraction of sp³-hybridized carbons (Fsp3) is 0.103. The number of benzene rings is 4. The molecule has 0 N–H and O–H groups in total. The number of rotatable bonds is 9. The minimum Gasteiger partial charge on any atom is -0.490 e. The number of fused-ring (bicyclic) bond motifs is 1. The summed E-state index contributed by atoms with van der Waals surface area (Å²) in [5.41, 5.74) is 3.92. The van der Waals surface area contributed by atoms with Gasteiger partial charge in [0.15, 0.2) is 17.1 Å². The molecule has 11 nitrogen and oxygen atoms in total. The Bertz CT molecular complexity index is 1760. The molecule has 1 heterocycles. The van der Waals surface area contributed by atoms with E-state index in [1.165, 1.54) is 6.07 Å². The summed E-state index contributed by atoms with van der Waals surface area (Å²) in [7, 11) is 0. The lowest BCUT2D eigenvalue weighted by molar-refractivity contribution is -0.394. The van der Waals surface area contributed by atoms with E-state index in [2.05, 4.69) is 9.98 Å². The number of nitro groups is 2. The molecule has 0 atom stereocenters. The van der Waals surface area contributed by atoms with E-state index < -0.39 is 21.2 Å².